The maximum Gasteiger partial charge on any atom is 0.294 e. The van der Waals surface area contributed by atoms with Gasteiger partial charge in [0.1, 0.15) is 0 Å². The molecule has 0 atom stereocenters. The summed E-state index contributed by atoms with van der Waals surface area (Å²) in [7, 11) is 0. The van der Waals surface area contributed by atoms with E-state index in [0.29, 0.717) is 12.2 Å². The van der Waals surface area contributed by atoms with Crippen LogP contribution in [0.5, 0.6) is 0 Å². The lowest BCUT2D eigenvalue weighted by atomic mass is 10.2. The zero-order valence-corrected chi connectivity index (χ0v) is 15.6. The van der Waals surface area contributed by atoms with Crippen LogP contribution in [0, 0.1) is 13.8 Å². The third kappa shape index (κ3) is 4.06. The van der Waals surface area contributed by atoms with Gasteiger partial charge in [-0.2, -0.15) is 5.10 Å². The number of amides is 1. The van der Waals surface area contributed by atoms with E-state index in [9.17, 15) is 9.59 Å². The molecule has 6 nitrogen and oxygen atoms in total. The van der Waals surface area contributed by atoms with Gasteiger partial charge in [0.2, 0.25) is 5.43 Å². The second-order valence-electron chi connectivity index (χ2n) is 6.27. The molecule has 6 heteroatoms. The number of rotatable bonds is 5. The van der Waals surface area contributed by atoms with Crippen molar-refractivity contribution in [3.63, 3.8) is 0 Å². The average molecular weight is 362 g/mol. The van der Waals surface area contributed by atoms with E-state index in [1.807, 2.05) is 68.4 Å². The molecule has 1 heterocycles. The van der Waals surface area contributed by atoms with Crippen molar-refractivity contribution < 1.29 is 4.79 Å². The summed E-state index contributed by atoms with van der Waals surface area (Å²) in [5.74, 6) is -0.535. The number of hydrogen-bond acceptors (Lipinski definition) is 4. The van der Waals surface area contributed by atoms with Crippen LogP contribution in [0.15, 0.2) is 65.5 Å². The largest absolute Gasteiger partial charge is 0.294 e. The molecule has 0 bridgehead atoms. The summed E-state index contributed by atoms with van der Waals surface area (Å²) < 4.78 is 1.60. The van der Waals surface area contributed by atoms with Gasteiger partial charge in [0, 0.05) is 18.3 Å². The summed E-state index contributed by atoms with van der Waals surface area (Å²) >= 11 is 0. The first-order valence-corrected chi connectivity index (χ1v) is 8.81. The predicted octanol–water partition coefficient (Wildman–Crippen LogP) is 3.02. The summed E-state index contributed by atoms with van der Waals surface area (Å²) in [5.41, 5.74) is 5.65. The van der Waals surface area contributed by atoms with Gasteiger partial charge in [-0.15, -0.1) is 0 Å². The van der Waals surface area contributed by atoms with Crippen LogP contribution in [-0.4, -0.2) is 22.2 Å². The standard InChI is InChI=1S/C21H22N4O2/c1-4-24(17-12-10-15(2)11-13-17)23-21(27)20-19(26)14-16(3)25(22-20)18-8-6-5-7-9-18/h5-14H,4H2,1-3H3,(H,23,27). The molecule has 3 aromatic rings. The number of hydrogen-bond donors (Lipinski definition) is 1. The molecule has 0 unspecified atom stereocenters. The van der Waals surface area contributed by atoms with Gasteiger partial charge in [-0.05, 0) is 45.0 Å². The van der Waals surface area contributed by atoms with Gasteiger partial charge in [-0.25, -0.2) is 4.68 Å². The van der Waals surface area contributed by atoms with Crippen molar-refractivity contribution in [2.75, 3.05) is 11.6 Å². The van der Waals surface area contributed by atoms with Crippen molar-refractivity contribution in [1.82, 2.24) is 15.2 Å². The van der Waals surface area contributed by atoms with Crippen LogP contribution in [0.4, 0.5) is 5.69 Å². The number of anilines is 1. The van der Waals surface area contributed by atoms with Gasteiger partial charge in [0.05, 0.1) is 11.4 Å². The molecule has 0 radical (unpaired) electrons. The van der Waals surface area contributed by atoms with Crippen LogP contribution >= 0.6 is 0 Å². The topological polar surface area (TPSA) is 67.2 Å². The number of nitrogens with zero attached hydrogens (tertiary/aromatic N) is 3. The minimum atomic E-state index is -0.535. The van der Waals surface area contributed by atoms with Gasteiger partial charge >= 0.3 is 0 Å². The third-order valence-corrected chi connectivity index (χ3v) is 4.22. The third-order valence-electron chi connectivity index (χ3n) is 4.22. The molecule has 27 heavy (non-hydrogen) atoms. The fourth-order valence-electron chi connectivity index (χ4n) is 2.76. The number of nitrogens with one attached hydrogen (secondary N) is 1. The Morgan fingerprint density at radius 1 is 1.07 bits per heavy atom. The van der Waals surface area contributed by atoms with E-state index in [2.05, 4.69) is 10.5 Å². The molecule has 3 rings (SSSR count). The van der Waals surface area contributed by atoms with E-state index in [0.717, 1.165) is 16.9 Å². The number of benzene rings is 2. The van der Waals surface area contributed by atoms with Crippen molar-refractivity contribution >= 4 is 11.6 Å². The lowest BCUT2D eigenvalue weighted by Gasteiger charge is -2.23. The second-order valence-corrected chi connectivity index (χ2v) is 6.27. The van der Waals surface area contributed by atoms with Gasteiger partial charge in [0.25, 0.3) is 5.91 Å². The van der Waals surface area contributed by atoms with Crippen molar-refractivity contribution in [1.29, 1.82) is 0 Å². The minimum Gasteiger partial charge on any atom is -0.287 e. The van der Waals surface area contributed by atoms with Crippen molar-refractivity contribution in [3.8, 4) is 5.69 Å². The Morgan fingerprint density at radius 2 is 1.74 bits per heavy atom. The SMILES string of the molecule is CCN(NC(=O)c1nn(-c2ccccc2)c(C)cc1=O)c1ccc(C)cc1. The summed E-state index contributed by atoms with van der Waals surface area (Å²) in [4.78, 5) is 25.1. The number of carbonyl (C=O) groups is 1. The maximum absolute atomic E-state index is 12.7. The highest BCUT2D eigenvalue weighted by molar-refractivity contribution is 5.93. The smallest absolute Gasteiger partial charge is 0.287 e. The quantitative estimate of drug-likeness (QED) is 0.709. The van der Waals surface area contributed by atoms with Crippen LogP contribution in [0.2, 0.25) is 0 Å². The summed E-state index contributed by atoms with van der Waals surface area (Å²) in [6.07, 6.45) is 0. The van der Waals surface area contributed by atoms with Gasteiger partial charge < -0.3 is 0 Å². The Kier molecular flexibility index (Phi) is 5.35. The summed E-state index contributed by atoms with van der Waals surface area (Å²) in [6, 6.07) is 18.6. The fourth-order valence-corrected chi connectivity index (χ4v) is 2.76. The molecule has 138 valence electrons. The van der Waals surface area contributed by atoms with Crippen LogP contribution < -0.4 is 15.9 Å². The summed E-state index contributed by atoms with van der Waals surface area (Å²) in [5, 5.41) is 5.99. The second kappa shape index (κ2) is 7.86. The monoisotopic (exact) mass is 362 g/mol. The highest BCUT2D eigenvalue weighted by Crippen LogP contribution is 2.13. The Morgan fingerprint density at radius 3 is 2.37 bits per heavy atom. The molecule has 0 aliphatic heterocycles. The van der Waals surface area contributed by atoms with E-state index in [1.165, 1.54) is 6.07 Å². The van der Waals surface area contributed by atoms with Crippen LogP contribution in [-0.2, 0) is 0 Å². The zero-order valence-electron chi connectivity index (χ0n) is 15.6. The van der Waals surface area contributed by atoms with E-state index in [-0.39, 0.29) is 5.69 Å². The molecule has 0 saturated heterocycles. The molecular weight excluding hydrogens is 340 g/mol. The Bertz CT molecular complexity index is 995. The molecule has 1 aromatic heterocycles. The number of aryl methyl sites for hydroxylation is 2. The first kappa shape index (κ1) is 18.4. The highest BCUT2D eigenvalue weighted by Gasteiger charge is 2.17. The van der Waals surface area contributed by atoms with Crippen molar-refractivity contribution in [2.24, 2.45) is 0 Å². The maximum atomic E-state index is 12.7. The fraction of sp³-hybridized carbons (Fsp3) is 0.190. The van der Waals surface area contributed by atoms with Gasteiger partial charge in [-0.1, -0.05) is 35.9 Å². The minimum absolute atomic E-state index is 0.144. The van der Waals surface area contributed by atoms with Crippen LogP contribution in [0.25, 0.3) is 5.69 Å². The van der Waals surface area contributed by atoms with Crippen LogP contribution in [0.1, 0.15) is 28.7 Å². The number of para-hydroxylation sites is 1. The number of hydrazine groups is 1. The predicted molar refractivity (Wildman–Crippen MR) is 106 cm³/mol. The van der Waals surface area contributed by atoms with E-state index in [4.69, 9.17) is 0 Å². The van der Waals surface area contributed by atoms with Crippen molar-refractivity contribution in [3.05, 3.63) is 87.8 Å². The molecule has 0 spiro atoms. The zero-order chi connectivity index (χ0) is 19.4. The molecule has 0 fully saturated rings. The molecule has 1 amide bonds. The first-order chi connectivity index (χ1) is 13.0. The lowest BCUT2D eigenvalue weighted by Crippen LogP contribution is -2.44. The lowest BCUT2D eigenvalue weighted by molar-refractivity contribution is 0.0941. The van der Waals surface area contributed by atoms with E-state index < -0.39 is 11.3 Å². The molecule has 1 N–H and O–H groups in total. The Balaban J connectivity index is 1.92. The average Bonchev–Trinajstić information content (AvgIpc) is 2.67. The van der Waals surface area contributed by atoms with Gasteiger partial charge in [0.15, 0.2) is 5.69 Å². The van der Waals surface area contributed by atoms with E-state index >= 15 is 0 Å². The highest BCUT2D eigenvalue weighted by atomic mass is 16.2. The van der Waals surface area contributed by atoms with Crippen LogP contribution in [0.3, 0.4) is 0 Å². The number of carbonyl (C=O) groups excluding carboxylic acids is 1. The molecule has 2 aromatic carbocycles. The van der Waals surface area contributed by atoms with Crippen molar-refractivity contribution in [2.45, 2.75) is 20.8 Å². The molecular formula is C21H22N4O2. The van der Waals surface area contributed by atoms with E-state index in [1.54, 1.807) is 16.6 Å². The Hall–Kier alpha value is -3.41. The number of aromatic nitrogens is 2. The molecule has 0 aliphatic rings. The summed E-state index contributed by atoms with van der Waals surface area (Å²) in [6.45, 7) is 6.26. The molecule has 0 saturated carbocycles. The van der Waals surface area contributed by atoms with Gasteiger partial charge in [-0.3, -0.25) is 20.0 Å². The Labute approximate surface area is 158 Å². The molecule has 0 aliphatic carbocycles. The normalized spacial score (nSPS) is 10.5. The first-order valence-electron chi connectivity index (χ1n) is 8.81.